The van der Waals surface area contributed by atoms with Gasteiger partial charge < -0.3 is 14.6 Å². The van der Waals surface area contributed by atoms with Crippen LogP contribution < -0.4 is 0 Å². The summed E-state index contributed by atoms with van der Waals surface area (Å²) in [6.45, 7) is 4.07. The van der Waals surface area contributed by atoms with Gasteiger partial charge in [-0.05, 0) is 51.7 Å². The molecule has 0 aliphatic heterocycles. The molecule has 1 heterocycles. The minimum atomic E-state index is -0.906. The zero-order chi connectivity index (χ0) is 15.4. The van der Waals surface area contributed by atoms with Gasteiger partial charge in [-0.25, -0.2) is 9.78 Å². The van der Waals surface area contributed by atoms with Crippen molar-refractivity contribution in [3.8, 4) is 0 Å². The van der Waals surface area contributed by atoms with E-state index in [4.69, 9.17) is 5.11 Å². The lowest BCUT2D eigenvalue weighted by molar-refractivity contribution is 0.0697. The standard InChI is InChI=1S/C16H23N3O2/c1-4-6-15-17-13-11-12(16(20)21)7-8-14(13)19(15)10-5-9-18(2)3/h7-8,11H,4-6,9-10H2,1-3H3,(H,20,21). The van der Waals surface area contributed by atoms with E-state index in [9.17, 15) is 4.79 Å². The molecular weight excluding hydrogens is 266 g/mol. The third kappa shape index (κ3) is 3.61. The molecular formula is C16H23N3O2. The van der Waals surface area contributed by atoms with Gasteiger partial charge in [0, 0.05) is 13.0 Å². The van der Waals surface area contributed by atoms with E-state index in [0.717, 1.165) is 49.2 Å². The molecule has 21 heavy (non-hydrogen) atoms. The fraction of sp³-hybridized carbons (Fsp3) is 0.500. The molecule has 0 spiro atoms. The molecule has 0 aliphatic carbocycles. The van der Waals surface area contributed by atoms with Crippen molar-refractivity contribution >= 4 is 17.0 Å². The van der Waals surface area contributed by atoms with E-state index in [2.05, 4.69) is 35.5 Å². The zero-order valence-electron chi connectivity index (χ0n) is 13.0. The summed E-state index contributed by atoms with van der Waals surface area (Å²) in [4.78, 5) is 17.9. The van der Waals surface area contributed by atoms with Gasteiger partial charge in [0.1, 0.15) is 5.82 Å². The fourth-order valence-corrected chi connectivity index (χ4v) is 2.52. The van der Waals surface area contributed by atoms with Crippen LogP contribution >= 0.6 is 0 Å². The molecule has 114 valence electrons. The smallest absolute Gasteiger partial charge is 0.335 e. The highest BCUT2D eigenvalue weighted by Gasteiger charge is 2.12. The monoisotopic (exact) mass is 289 g/mol. The molecule has 5 heteroatoms. The van der Waals surface area contributed by atoms with Crippen LogP contribution in [0.1, 0.15) is 35.9 Å². The zero-order valence-corrected chi connectivity index (χ0v) is 13.0. The van der Waals surface area contributed by atoms with Crippen LogP contribution in [0.25, 0.3) is 11.0 Å². The van der Waals surface area contributed by atoms with Gasteiger partial charge in [0.2, 0.25) is 0 Å². The highest BCUT2D eigenvalue weighted by atomic mass is 16.4. The van der Waals surface area contributed by atoms with Crippen LogP contribution in [-0.2, 0) is 13.0 Å². The maximum atomic E-state index is 11.1. The van der Waals surface area contributed by atoms with Gasteiger partial charge in [-0.15, -0.1) is 0 Å². The minimum absolute atomic E-state index is 0.295. The Morgan fingerprint density at radius 1 is 1.38 bits per heavy atom. The van der Waals surface area contributed by atoms with Crippen LogP contribution in [0.4, 0.5) is 0 Å². The number of aromatic nitrogens is 2. The molecule has 1 aromatic carbocycles. The number of fused-ring (bicyclic) bond motifs is 1. The van der Waals surface area contributed by atoms with Crippen molar-refractivity contribution in [1.82, 2.24) is 14.5 Å². The number of rotatable bonds is 7. The van der Waals surface area contributed by atoms with E-state index >= 15 is 0 Å². The van der Waals surface area contributed by atoms with Crippen molar-refractivity contribution < 1.29 is 9.90 Å². The highest BCUT2D eigenvalue weighted by Crippen LogP contribution is 2.20. The summed E-state index contributed by atoms with van der Waals surface area (Å²) in [6, 6.07) is 5.20. The van der Waals surface area contributed by atoms with Crippen LogP contribution in [0, 0.1) is 0 Å². The summed E-state index contributed by atoms with van der Waals surface area (Å²) < 4.78 is 2.23. The van der Waals surface area contributed by atoms with Gasteiger partial charge in [0.15, 0.2) is 0 Å². The Hall–Kier alpha value is -1.88. The number of carboxylic acids is 1. The first-order chi connectivity index (χ1) is 10.0. The van der Waals surface area contributed by atoms with Crippen molar-refractivity contribution in [2.45, 2.75) is 32.7 Å². The first-order valence-electron chi connectivity index (χ1n) is 7.40. The van der Waals surface area contributed by atoms with Crippen LogP contribution in [0.5, 0.6) is 0 Å². The Kier molecular flexibility index (Phi) is 4.96. The predicted octanol–water partition coefficient (Wildman–Crippen LogP) is 2.64. The number of aromatic carboxylic acids is 1. The van der Waals surface area contributed by atoms with Gasteiger partial charge in [-0.2, -0.15) is 0 Å². The maximum Gasteiger partial charge on any atom is 0.335 e. The number of imidazole rings is 1. The number of benzene rings is 1. The van der Waals surface area contributed by atoms with E-state index in [-0.39, 0.29) is 0 Å². The second-order valence-electron chi connectivity index (χ2n) is 5.60. The van der Waals surface area contributed by atoms with Crippen molar-refractivity contribution in [2.24, 2.45) is 0 Å². The van der Waals surface area contributed by atoms with E-state index < -0.39 is 5.97 Å². The van der Waals surface area contributed by atoms with Crippen molar-refractivity contribution in [3.63, 3.8) is 0 Å². The molecule has 0 radical (unpaired) electrons. The largest absolute Gasteiger partial charge is 0.478 e. The summed E-state index contributed by atoms with van der Waals surface area (Å²) in [5.74, 6) is 0.143. The van der Waals surface area contributed by atoms with Crippen LogP contribution in [0.15, 0.2) is 18.2 Å². The second kappa shape index (κ2) is 6.72. The van der Waals surface area contributed by atoms with Gasteiger partial charge in [-0.1, -0.05) is 6.92 Å². The SMILES string of the molecule is CCCc1nc2cc(C(=O)O)ccc2n1CCCN(C)C. The minimum Gasteiger partial charge on any atom is -0.478 e. The third-order valence-corrected chi connectivity index (χ3v) is 3.53. The Morgan fingerprint density at radius 2 is 2.14 bits per heavy atom. The maximum absolute atomic E-state index is 11.1. The molecule has 5 nitrogen and oxygen atoms in total. The van der Waals surface area contributed by atoms with E-state index in [0.29, 0.717) is 5.56 Å². The molecule has 0 aliphatic rings. The number of hydrogen-bond acceptors (Lipinski definition) is 3. The van der Waals surface area contributed by atoms with E-state index in [1.807, 2.05) is 6.07 Å². The molecule has 1 N–H and O–H groups in total. The van der Waals surface area contributed by atoms with Gasteiger partial charge in [-0.3, -0.25) is 0 Å². The summed E-state index contributed by atoms with van der Waals surface area (Å²) in [6.07, 6.45) is 3.00. The van der Waals surface area contributed by atoms with E-state index in [1.165, 1.54) is 0 Å². The van der Waals surface area contributed by atoms with Gasteiger partial charge >= 0.3 is 5.97 Å². The highest BCUT2D eigenvalue weighted by molar-refractivity contribution is 5.92. The quantitative estimate of drug-likeness (QED) is 0.851. The summed E-state index contributed by atoms with van der Waals surface area (Å²) >= 11 is 0. The Bertz CT molecular complexity index is 632. The number of aryl methyl sites for hydroxylation is 2. The van der Waals surface area contributed by atoms with Crippen molar-refractivity contribution in [1.29, 1.82) is 0 Å². The van der Waals surface area contributed by atoms with E-state index in [1.54, 1.807) is 12.1 Å². The number of hydrogen-bond donors (Lipinski definition) is 1. The summed E-state index contributed by atoms with van der Waals surface area (Å²) in [5, 5.41) is 9.09. The molecule has 0 saturated heterocycles. The normalized spacial score (nSPS) is 11.4. The molecule has 2 aromatic rings. The summed E-state index contributed by atoms with van der Waals surface area (Å²) in [7, 11) is 4.14. The van der Waals surface area contributed by atoms with Crippen molar-refractivity contribution in [2.75, 3.05) is 20.6 Å². The van der Waals surface area contributed by atoms with Gasteiger partial charge in [0.25, 0.3) is 0 Å². The first-order valence-corrected chi connectivity index (χ1v) is 7.40. The fourth-order valence-electron chi connectivity index (χ4n) is 2.52. The number of carboxylic acid groups (broad SMARTS) is 1. The molecule has 0 amide bonds. The molecule has 0 atom stereocenters. The Labute approximate surface area is 125 Å². The lowest BCUT2D eigenvalue weighted by atomic mass is 10.2. The molecule has 2 rings (SSSR count). The first kappa shape index (κ1) is 15.5. The topological polar surface area (TPSA) is 58.4 Å². The van der Waals surface area contributed by atoms with Gasteiger partial charge in [0.05, 0.1) is 16.6 Å². The van der Waals surface area contributed by atoms with Crippen LogP contribution in [0.3, 0.4) is 0 Å². The van der Waals surface area contributed by atoms with Crippen LogP contribution in [0.2, 0.25) is 0 Å². The molecule has 0 unspecified atom stereocenters. The number of carbonyl (C=O) groups is 1. The third-order valence-electron chi connectivity index (χ3n) is 3.53. The Morgan fingerprint density at radius 3 is 2.76 bits per heavy atom. The Balaban J connectivity index is 2.35. The predicted molar refractivity (Wildman–Crippen MR) is 83.9 cm³/mol. The average Bonchev–Trinajstić information content (AvgIpc) is 2.76. The molecule has 0 fully saturated rings. The molecule has 0 bridgehead atoms. The average molecular weight is 289 g/mol. The van der Waals surface area contributed by atoms with Crippen LogP contribution in [-0.4, -0.2) is 46.2 Å². The molecule has 1 aromatic heterocycles. The second-order valence-corrected chi connectivity index (χ2v) is 5.60. The van der Waals surface area contributed by atoms with Crippen molar-refractivity contribution in [3.05, 3.63) is 29.6 Å². The molecule has 0 saturated carbocycles. The summed E-state index contributed by atoms with van der Waals surface area (Å²) in [5.41, 5.74) is 2.11. The lowest BCUT2D eigenvalue weighted by Gasteiger charge is -2.12. The lowest BCUT2D eigenvalue weighted by Crippen LogP contribution is -2.15. The number of nitrogens with zero attached hydrogens (tertiary/aromatic N) is 3.